The van der Waals surface area contributed by atoms with Gasteiger partial charge in [-0.2, -0.15) is 0 Å². The van der Waals surface area contributed by atoms with E-state index in [0.717, 1.165) is 36.7 Å². The molecule has 0 heterocycles. The molecule has 0 aliphatic heterocycles. The van der Waals surface area contributed by atoms with Gasteiger partial charge in [-0.05, 0) is 55.1 Å². The van der Waals surface area contributed by atoms with Gasteiger partial charge in [-0.1, -0.05) is 33.8 Å². The lowest BCUT2D eigenvalue weighted by molar-refractivity contribution is -0.154. The maximum atomic E-state index is 12.9. The van der Waals surface area contributed by atoms with Gasteiger partial charge >= 0.3 is 0 Å². The van der Waals surface area contributed by atoms with Crippen molar-refractivity contribution >= 4 is 17.9 Å². The number of rotatable bonds is 2. The highest BCUT2D eigenvalue weighted by Gasteiger charge is 2.64. The highest BCUT2D eigenvalue weighted by Crippen LogP contribution is 2.68. The third-order valence-corrected chi connectivity index (χ3v) is 7.85. The number of Topliss-reactive ketones (excluding diaryl/α,β-unsaturated/α-hetero) is 2. The number of hydrogen-bond acceptors (Lipinski definition) is 3. The van der Waals surface area contributed by atoms with E-state index in [4.69, 9.17) is 0 Å². The molecule has 3 heteroatoms. The largest absolute Gasteiger partial charge is 0.299 e. The van der Waals surface area contributed by atoms with Crippen LogP contribution in [0.1, 0.15) is 66.7 Å². The molecule has 0 aromatic rings. The van der Waals surface area contributed by atoms with Gasteiger partial charge in [-0.3, -0.25) is 14.4 Å². The molecule has 0 saturated heterocycles. The summed E-state index contributed by atoms with van der Waals surface area (Å²) in [5.41, 5.74) is 1.43. The second-order valence-corrected chi connectivity index (χ2v) is 9.39. The molecule has 3 aliphatic rings. The Labute approximate surface area is 150 Å². The minimum atomic E-state index is -0.295. The number of allylic oxidation sites excluding steroid dienone is 4. The van der Waals surface area contributed by atoms with Gasteiger partial charge < -0.3 is 0 Å². The quantitative estimate of drug-likeness (QED) is 0.550. The lowest BCUT2D eigenvalue weighted by atomic mass is 9.43. The van der Waals surface area contributed by atoms with Crippen LogP contribution in [0.3, 0.4) is 0 Å². The standard InChI is InChI=1S/C22H30O3/c1-14(7-6-12-23)19-15(24)13-17-21(4)11-9-18(25)20(2,3)16(21)8-10-22(17,19)5/h6-7,12,16-17H,8-11,13H2,1-5H3/b7-6+,19-14-/t16-,17-,21-,22-/m0/s1. The van der Waals surface area contributed by atoms with E-state index in [1.54, 1.807) is 6.08 Å². The molecule has 0 bridgehead atoms. The van der Waals surface area contributed by atoms with E-state index in [1.807, 2.05) is 6.92 Å². The van der Waals surface area contributed by atoms with Crippen LogP contribution in [0.5, 0.6) is 0 Å². The zero-order valence-electron chi connectivity index (χ0n) is 16.1. The van der Waals surface area contributed by atoms with Gasteiger partial charge in [0.25, 0.3) is 0 Å². The third kappa shape index (κ3) is 2.42. The Hall–Kier alpha value is -1.51. The Morgan fingerprint density at radius 2 is 1.76 bits per heavy atom. The number of fused-ring (bicyclic) bond motifs is 3. The molecule has 3 saturated carbocycles. The number of aldehydes is 1. The Balaban J connectivity index is 2.08. The van der Waals surface area contributed by atoms with Crippen LogP contribution in [-0.2, 0) is 14.4 Å². The molecule has 0 aromatic carbocycles. The maximum absolute atomic E-state index is 12.9. The van der Waals surface area contributed by atoms with E-state index >= 15 is 0 Å². The first kappa shape index (κ1) is 18.3. The van der Waals surface area contributed by atoms with Gasteiger partial charge in [0.05, 0.1) is 0 Å². The molecule has 0 N–H and O–H groups in total. The summed E-state index contributed by atoms with van der Waals surface area (Å²) in [6, 6.07) is 0. The fourth-order valence-electron chi connectivity index (χ4n) is 6.65. The topological polar surface area (TPSA) is 51.2 Å². The van der Waals surface area contributed by atoms with Crippen molar-refractivity contribution in [3.63, 3.8) is 0 Å². The summed E-state index contributed by atoms with van der Waals surface area (Å²) in [4.78, 5) is 36.2. The highest BCUT2D eigenvalue weighted by atomic mass is 16.1. The summed E-state index contributed by atoms with van der Waals surface area (Å²) in [6.45, 7) is 10.7. The van der Waals surface area contributed by atoms with E-state index in [-0.39, 0.29) is 27.9 Å². The van der Waals surface area contributed by atoms with Crippen LogP contribution in [0, 0.1) is 28.1 Å². The zero-order chi connectivity index (χ0) is 18.6. The lowest BCUT2D eigenvalue weighted by Crippen LogP contribution is -2.56. The molecular weight excluding hydrogens is 312 g/mol. The van der Waals surface area contributed by atoms with Crippen LogP contribution >= 0.6 is 0 Å². The zero-order valence-corrected chi connectivity index (χ0v) is 16.1. The van der Waals surface area contributed by atoms with Crippen LogP contribution in [-0.4, -0.2) is 17.9 Å². The summed E-state index contributed by atoms with van der Waals surface area (Å²) in [5.74, 6) is 1.24. The average Bonchev–Trinajstić information content (AvgIpc) is 2.81. The smallest absolute Gasteiger partial charge is 0.160 e. The van der Waals surface area contributed by atoms with Gasteiger partial charge in [-0.15, -0.1) is 0 Å². The van der Waals surface area contributed by atoms with Gasteiger partial charge in [0, 0.05) is 29.2 Å². The van der Waals surface area contributed by atoms with Gasteiger partial charge in [0.2, 0.25) is 0 Å². The summed E-state index contributed by atoms with van der Waals surface area (Å²) in [5, 5.41) is 0. The van der Waals surface area contributed by atoms with Crippen molar-refractivity contribution in [3.05, 3.63) is 23.3 Å². The van der Waals surface area contributed by atoms with Crippen molar-refractivity contribution in [1.82, 2.24) is 0 Å². The Bertz CT molecular complexity index is 696. The normalized spacial score (nSPS) is 42.3. The molecule has 3 nitrogen and oxygen atoms in total. The average molecular weight is 342 g/mol. The molecule has 0 unspecified atom stereocenters. The summed E-state index contributed by atoms with van der Waals surface area (Å²) >= 11 is 0. The van der Waals surface area contributed by atoms with Gasteiger partial charge in [-0.25, -0.2) is 0 Å². The number of ketones is 2. The Morgan fingerprint density at radius 1 is 1.08 bits per heavy atom. The minimum absolute atomic E-state index is 0.0243. The predicted octanol–water partition coefficient (Wildman–Crippen LogP) is 4.46. The number of carbonyl (C=O) groups excluding carboxylic acids is 3. The van der Waals surface area contributed by atoms with Crippen molar-refractivity contribution in [3.8, 4) is 0 Å². The lowest BCUT2D eigenvalue weighted by Gasteiger charge is -2.60. The molecule has 3 aliphatic carbocycles. The highest BCUT2D eigenvalue weighted by molar-refractivity contribution is 6.01. The van der Waals surface area contributed by atoms with Gasteiger partial charge in [0.15, 0.2) is 5.78 Å². The molecule has 136 valence electrons. The first-order valence-electron chi connectivity index (χ1n) is 9.48. The molecule has 0 amide bonds. The molecule has 4 atom stereocenters. The Kier molecular flexibility index (Phi) is 4.21. The van der Waals surface area contributed by atoms with E-state index in [9.17, 15) is 14.4 Å². The van der Waals surface area contributed by atoms with Gasteiger partial charge in [0.1, 0.15) is 12.1 Å². The van der Waals surface area contributed by atoms with Crippen LogP contribution < -0.4 is 0 Å². The molecule has 0 aromatic heterocycles. The van der Waals surface area contributed by atoms with Crippen molar-refractivity contribution in [2.45, 2.75) is 66.7 Å². The maximum Gasteiger partial charge on any atom is 0.160 e. The first-order valence-corrected chi connectivity index (χ1v) is 9.48. The number of hydrogen-bond donors (Lipinski definition) is 0. The molecule has 25 heavy (non-hydrogen) atoms. The second-order valence-electron chi connectivity index (χ2n) is 9.39. The van der Waals surface area contributed by atoms with Crippen molar-refractivity contribution < 1.29 is 14.4 Å². The fourth-order valence-corrected chi connectivity index (χ4v) is 6.65. The van der Waals surface area contributed by atoms with E-state index < -0.39 is 0 Å². The molecule has 3 rings (SSSR count). The molecular formula is C22H30O3. The monoisotopic (exact) mass is 342 g/mol. The minimum Gasteiger partial charge on any atom is -0.299 e. The number of carbonyl (C=O) groups is 3. The Morgan fingerprint density at radius 3 is 2.40 bits per heavy atom. The third-order valence-electron chi connectivity index (χ3n) is 7.85. The summed E-state index contributed by atoms with van der Waals surface area (Å²) in [6.07, 6.45) is 8.05. The van der Waals surface area contributed by atoms with Crippen molar-refractivity contribution in [2.75, 3.05) is 0 Å². The SMILES string of the molecule is CC(/C=C/C=O)=C1\C(=O)C[C@H]2[C@@]3(C)CCC(=O)C(C)(C)[C@@H]3CC[C@]12C. The predicted molar refractivity (Wildman–Crippen MR) is 98.0 cm³/mol. The molecule has 0 spiro atoms. The fraction of sp³-hybridized carbons (Fsp3) is 0.682. The second kappa shape index (κ2) is 5.75. The van der Waals surface area contributed by atoms with E-state index in [2.05, 4.69) is 27.7 Å². The van der Waals surface area contributed by atoms with Crippen molar-refractivity contribution in [1.29, 1.82) is 0 Å². The molecule has 0 radical (unpaired) electrons. The van der Waals surface area contributed by atoms with Crippen LogP contribution in [0.2, 0.25) is 0 Å². The van der Waals surface area contributed by atoms with E-state index in [1.165, 1.54) is 6.08 Å². The molecule has 3 fully saturated rings. The summed E-state index contributed by atoms with van der Waals surface area (Å²) in [7, 11) is 0. The van der Waals surface area contributed by atoms with E-state index in [0.29, 0.717) is 24.5 Å². The summed E-state index contributed by atoms with van der Waals surface area (Å²) < 4.78 is 0. The van der Waals surface area contributed by atoms with Crippen molar-refractivity contribution in [2.24, 2.45) is 28.1 Å². The van der Waals surface area contributed by atoms with Crippen LogP contribution in [0.4, 0.5) is 0 Å². The van der Waals surface area contributed by atoms with Crippen LogP contribution in [0.15, 0.2) is 23.3 Å². The first-order chi connectivity index (χ1) is 11.6. The van der Waals surface area contributed by atoms with Crippen LogP contribution in [0.25, 0.3) is 0 Å².